The van der Waals surface area contributed by atoms with Gasteiger partial charge in [0, 0.05) is 0 Å². The summed E-state index contributed by atoms with van der Waals surface area (Å²) in [5.41, 5.74) is 1.13. The molecule has 3 rings (SSSR count). The van der Waals surface area contributed by atoms with E-state index in [0.717, 1.165) is 5.56 Å². The minimum Gasteiger partial charge on any atom is -0.368 e. The third kappa shape index (κ3) is 2.72. The fourth-order valence-corrected chi connectivity index (χ4v) is 2.45. The van der Waals surface area contributed by atoms with Crippen LogP contribution in [0, 0.1) is 0 Å². The van der Waals surface area contributed by atoms with E-state index in [1.165, 1.54) is 0 Å². The van der Waals surface area contributed by atoms with Crippen molar-refractivity contribution in [1.29, 1.82) is 0 Å². The van der Waals surface area contributed by atoms with Crippen LogP contribution in [0.4, 0.5) is 0 Å². The number of hydrogen-bond acceptors (Lipinski definition) is 4. The Morgan fingerprint density at radius 3 is 2.79 bits per heavy atom. The normalized spacial score (nSPS) is 33.9. The van der Waals surface area contributed by atoms with E-state index < -0.39 is 0 Å². The van der Waals surface area contributed by atoms with Crippen LogP contribution in [0.25, 0.3) is 0 Å². The zero-order valence-corrected chi connectivity index (χ0v) is 10.7. The molecule has 4 nitrogen and oxygen atoms in total. The third-order valence-electron chi connectivity index (χ3n) is 3.40. The van der Waals surface area contributed by atoms with E-state index in [2.05, 4.69) is 6.58 Å². The fraction of sp³-hybridized carbons (Fsp3) is 0.467. The Morgan fingerprint density at radius 1 is 1.21 bits per heavy atom. The molecule has 19 heavy (non-hydrogen) atoms. The molecule has 1 aromatic rings. The SMILES string of the molecule is C=C[C@H]1O[C@@H]2OCCO[C@@H]2[C@H]1OCc1ccccc1. The quantitative estimate of drug-likeness (QED) is 0.777. The van der Waals surface area contributed by atoms with Crippen molar-refractivity contribution in [3.8, 4) is 0 Å². The molecule has 0 bridgehead atoms. The average molecular weight is 262 g/mol. The Kier molecular flexibility index (Phi) is 3.94. The summed E-state index contributed by atoms with van der Waals surface area (Å²) in [4.78, 5) is 0. The lowest BCUT2D eigenvalue weighted by molar-refractivity contribution is -0.220. The number of rotatable bonds is 4. The van der Waals surface area contributed by atoms with Gasteiger partial charge in [-0.25, -0.2) is 0 Å². The van der Waals surface area contributed by atoms with Crippen molar-refractivity contribution in [2.75, 3.05) is 13.2 Å². The van der Waals surface area contributed by atoms with Gasteiger partial charge >= 0.3 is 0 Å². The maximum Gasteiger partial charge on any atom is 0.187 e. The smallest absolute Gasteiger partial charge is 0.187 e. The maximum absolute atomic E-state index is 5.96. The van der Waals surface area contributed by atoms with Crippen molar-refractivity contribution < 1.29 is 18.9 Å². The first-order valence-corrected chi connectivity index (χ1v) is 6.55. The van der Waals surface area contributed by atoms with Gasteiger partial charge < -0.3 is 18.9 Å². The molecule has 2 saturated heterocycles. The zero-order chi connectivity index (χ0) is 13.1. The summed E-state index contributed by atoms with van der Waals surface area (Å²) in [7, 11) is 0. The second-order valence-corrected chi connectivity index (χ2v) is 4.67. The van der Waals surface area contributed by atoms with Crippen LogP contribution in [0.5, 0.6) is 0 Å². The molecule has 4 heteroatoms. The second kappa shape index (κ2) is 5.84. The summed E-state index contributed by atoms with van der Waals surface area (Å²) in [5.74, 6) is 0. The molecule has 1 aromatic carbocycles. The maximum atomic E-state index is 5.96. The Balaban J connectivity index is 1.65. The lowest BCUT2D eigenvalue weighted by atomic mass is 10.1. The summed E-state index contributed by atoms with van der Waals surface area (Å²) < 4.78 is 22.9. The molecule has 2 fully saturated rings. The summed E-state index contributed by atoms with van der Waals surface area (Å²) >= 11 is 0. The zero-order valence-electron chi connectivity index (χ0n) is 10.7. The van der Waals surface area contributed by atoms with Gasteiger partial charge in [0.25, 0.3) is 0 Å². The molecule has 0 amide bonds. The average Bonchev–Trinajstić information content (AvgIpc) is 2.84. The molecular weight excluding hydrogens is 244 g/mol. The van der Waals surface area contributed by atoms with E-state index in [1.807, 2.05) is 30.3 Å². The molecule has 0 aromatic heterocycles. The summed E-state index contributed by atoms with van der Waals surface area (Å²) in [6.45, 7) is 5.47. The minimum absolute atomic E-state index is 0.164. The second-order valence-electron chi connectivity index (χ2n) is 4.67. The van der Waals surface area contributed by atoms with Crippen molar-refractivity contribution in [2.45, 2.75) is 31.2 Å². The molecule has 4 atom stereocenters. The van der Waals surface area contributed by atoms with Crippen molar-refractivity contribution in [3.63, 3.8) is 0 Å². The van der Waals surface area contributed by atoms with Crippen molar-refractivity contribution in [1.82, 2.24) is 0 Å². The van der Waals surface area contributed by atoms with Crippen LogP contribution in [0.2, 0.25) is 0 Å². The van der Waals surface area contributed by atoms with Crippen molar-refractivity contribution in [2.24, 2.45) is 0 Å². The van der Waals surface area contributed by atoms with Crippen LogP contribution in [-0.4, -0.2) is 37.8 Å². The third-order valence-corrected chi connectivity index (χ3v) is 3.40. The molecule has 0 N–H and O–H groups in total. The van der Waals surface area contributed by atoms with Crippen LogP contribution < -0.4 is 0 Å². The first-order valence-electron chi connectivity index (χ1n) is 6.55. The topological polar surface area (TPSA) is 36.9 Å². The predicted octanol–water partition coefficient (Wildman–Crippen LogP) is 1.90. The van der Waals surface area contributed by atoms with Gasteiger partial charge in [0.1, 0.15) is 18.3 Å². The first kappa shape index (κ1) is 12.8. The highest BCUT2D eigenvalue weighted by Gasteiger charge is 2.47. The molecule has 102 valence electrons. The number of ether oxygens (including phenoxy) is 4. The molecule has 0 unspecified atom stereocenters. The Labute approximate surface area is 112 Å². The highest BCUT2D eigenvalue weighted by Crippen LogP contribution is 2.30. The van der Waals surface area contributed by atoms with E-state index in [-0.39, 0.29) is 24.6 Å². The van der Waals surface area contributed by atoms with Crippen LogP contribution >= 0.6 is 0 Å². The molecule has 0 spiro atoms. The van der Waals surface area contributed by atoms with E-state index in [4.69, 9.17) is 18.9 Å². The van der Waals surface area contributed by atoms with E-state index >= 15 is 0 Å². The minimum atomic E-state index is -0.336. The standard InChI is InChI=1S/C15H18O4/c1-2-12-13(14-15(19-12)17-9-8-16-14)18-10-11-6-4-3-5-7-11/h2-7,12-15H,1,8-10H2/t12-,13+,14-,15+/m1/s1. The Hall–Kier alpha value is -1.20. The van der Waals surface area contributed by atoms with Crippen LogP contribution in [0.15, 0.2) is 43.0 Å². The molecule has 0 saturated carbocycles. The molecule has 0 radical (unpaired) electrons. The van der Waals surface area contributed by atoms with E-state index in [1.54, 1.807) is 6.08 Å². The van der Waals surface area contributed by atoms with Gasteiger partial charge in [-0.3, -0.25) is 0 Å². The largest absolute Gasteiger partial charge is 0.368 e. The molecular formula is C15H18O4. The van der Waals surface area contributed by atoms with Gasteiger partial charge in [0.15, 0.2) is 6.29 Å². The lowest BCUT2D eigenvalue weighted by Crippen LogP contribution is -2.42. The summed E-state index contributed by atoms with van der Waals surface area (Å²) in [6.07, 6.45) is 0.901. The summed E-state index contributed by atoms with van der Waals surface area (Å²) in [5, 5.41) is 0. The molecule has 0 aliphatic carbocycles. The van der Waals surface area contributed by atoms with Crippen molar-refractivity contribution >= 4 is 0 Å². The molecule has 2 aliphatic heterocycles. The van der Waals surface area contributed by atoms with E-state index in [0.29, 0.717) is 19.8 Å². The summed E-state index contributed by atoms with van der Waals surface area (Å²) in [6, 6.07) is 10.1. The number of fused-ring (bicyclic) bond motifs is 1. The monoisotopic (exact) mass is 262 g/mol. The van der Waals surface area contributed by atoms with Crippen molar-refractivity contribution in [3.05, 3.63) is 48.6 Å². The van der Waals surface area contributed by atoms with Gasteiger partial charge in [0.2, 0.25) is 0 Å². The first-order chi connectivity index (χ1) is 9.38. The van der Waals surface area contributed by atoms with Gasteiger partial charge in [-0.15, -0.1) is 6.58 Å². The predicted molar refractivity (Wildman–Crippen MR) is 69.6 cm³/mol. The highest BCUT2D eigenvalue weighted by molar-refractivity contribution is 5.13. The molecule has 2 heterocycles. The lowest BCUT2D eigenvalue weighted by Gasteiger charge is -2.27. The Bertz CT molecular complexity index is 419. The van der Waals surface area contributed by atoms with Crippen LogP contribution in [0.1, 0.15) is 5.56 Å². The van der Waals surface area contributed by atoms with E-state index in [9.17, 15) is 0 Å². The van der Waals surface area contributed by atoms with Crippen LogP contribution in [-0.2, 0) is 25.6 Å². The fourth-order valence-electron chi connectivity index (χ4n) is 2.45. The van der Waals surface area contributed by atoms with Gasteiger partial charge in [-0.1, -0.05) is 36.4 Å². The Morgan fingerprint density at radius 2 is 2.00 bits per heavy atom. The number of hydrogen-bond donors (Lipinski definition) is 0. The van der Waals surface area contributed by atoms with Gasteiger partial charge in [-0.05, 0) is 5.56 Å². The highest BCUT2D eigenvalue weighted by atomic mass is 16.7. The number of benzene rings is 1. The van der Waals surface area contributed by atoms with Crippen LogP contribution in [0.3, 0.4) is 0 Å². The van der Waals surface area contributed by atoms with Gasteiger partial charge in [0.05, 0.1) is 19.8 Å². The van der Waals surface area contributed by atoms with Gasteiger partial charge in [-0.2, -0.15) is 0 Å². The molecule has 2 aliphatic rings.